The minimum absolute atomic E-state index is 0.396. The van der Waals surface area contributed by atoms with Crippen molar-refractivity contribution in [3.63, 3.8) is 0 Å². The van der Waals surface area contributed by atoms with E-state index in [1.165, 1.54) is 0 Å². The van der Waals surface area contributed by atoms with Gasteiger partial charge in [0.25, 0.3) is 0 Å². The Hall–Kier alpha value is -1.99. The average molecular weight is 347 g/mol. The van der Waals surface area contributed by atoms with E-state index in [0.717, 1.165) is 36.9 Å². The molecule has 6 nitrogen and oxygen atoms in total. The first kappa shape index (κ1) is 16.9. The zero-order valence-corrected chi connectivity index (χ0v) is 14.4. The lowest BCUT2D eigenvalue weighted by Gasteiger charge is -2.44. The van der Waals surface area contributed by atoms with Gasteiger partial charge >= 0.3 is 5.97 Å². The number of esters is 1. The Kier molecular flexibility index (Phi) is 4.82. The van der Waals surface area contributed by atoms with Crippen LogP contribution in [0.4, 0.5) is 0 Å². The normalized spacial score (nSPS) is 23.8. The molecular weight excluding hydrogens is 326 g/mol. The van der Waals surface area contributed by atoms with Gasteiger partial charge in [0.05, 0.1) is 10.4 Å². The maximum atomic E-state index is 11.7. The summed E-state index contributed by atoms with van der Waals surface area (Å²) in [6.07, 6.45) is 8.69. The van der Waals surface area contributed by atoms with E-state index in [2.05, 4.69) is 10.3 Å². The fraction of sp³-hybridized carbons (Fsp3) is 0.471. The molecule has 2 N–H and O–H groups in total. The van der Waals surface area contributed by atoms with Crippen LogP contribution >= 0.6 is 12.2 Å². The molecule has 24 heavy (non-hydrogen) atoms. The number of aliphatic hydroxyl groups is 1. The fourth-order valence-corrected chi connectivity index (χ4v) is 3.98. The highest BCUT2D eigenvalue weighted by molar-refractivity contribution is 7.80. The van der Waals surface area contributed by atoms with E-state index in [0.29, 0.717) is 4.99 Å². The Labute approximate surface area is 145 Å². The fourth-order valence-electron chi connectivity index (χ4n) is 3.62. The molecule has 2 aromatic rings. The molecule has 1 fully saturated rings. The van der Waals surface area contributed by atoms with E-state index < -0.39 is 24.1 Å². The first-order valence-electron chi connectivity index (χ1n) is 8.07. The number of aromatic nitrogens is 2. The number of carbonyl (C=O) groups excluding carboxylic acids is 1. The standard InChI is InChI=1S/C17H21N3O3S/c1-18-16(24)17(7-3-2-4-13(17)23-15(22)11-21)12-5-6-14-19-8-9-20(14)10-12/h5-6,8-10,13,21H,2-4,7,11H2,1H3,(H,18,24). The summed E-state index contributed by atoms with van der Waals surface area (Å²) in [6.45, 7) is -0.626. The van der Waals surface area contributed by atoms with E-state index in [9.17, 15) is 4.79 Å². The predicted molar refractivity (Wildman–Crippen MR) is 94.0 cm³/mol. The summed E-state index contributed by atoms with van der Waals surface area (Å²) < 4.78 is 7.53. The van der Waals surface area contributed by atoms with Crippen LogP contribution in [0.5, 0.6) is 0 Å². The van der Waals surface area contributed by atoms with Crippen LogP contribution in [-0.4, -0.2) is 45.2 Å². The Morgan fingerprint density at radius 3 is 3.12 bits per heavy atom. The van der Waals surface area contributed by atoms with E-state index >= 15 is 0 Å². The molecule has 128 valence electrons. The van der Waals surface area contributed by atoms with Crippen molar-refractivity contribution in [2.75, 3.05) is 13.7 Å². The minimum Gasteiger partial charge on any atom is -0.459 e. The third-order valence-electron chi connectivity index (χ3n) is 4.78. The molecule has 2 atom stereocenters. The van der Waals surface area contributed by atoms with Crippen LogP contribution < -0.4 is 5.32 Å². The first-order chi connectivity index (χ1) is 11.6. The van der Waals surface area contributed by atoms with Gasteiger partial charge in [0, 0.05) is 25.6 Å². The molecule has 0 aromatic carbocycles. The third-order valence-corrected chi connectivity index (χ3v) is 5.34. The van der Waals surface area contributed by atoms with Gasteiger partial charge in [-0.15, -0.1) is 0 Å². The van der Waals surface area contributed by atoms with E-state index in [1.54, 1.807) is 13.2 Å². The molecule has 0 radical (unpaired) electrons. The number of rotatable bonds is 4. The van der Waals surface area contributed by atoms with Gasteiger partial charge in [-0.05, 0) is 30.9 Å². The highest BCUT2D eigenvalue weighted by atomic mass is 32.1. The summed E-state index contributed by atoms with van der Waals surface area (Å²) in [7, 11) is 1.79. The molecule has 0 aliphatic heterocycles. The summed E-state index contributed by atoms with van der Waals surface area (Å²) in [5.41, 5.74) is 1.25. The minimum atomic E-state index is -0.626. The smallest absolute Gasteiger partial charge is 0.332 e. The van der Waals surface area contributed by atoms with Gasteiger partial charge < -0.3 is 19.6 Å². The van der Waals surface area contributed by atoms with Crippen molar-refractivity contribution in [2.45, 2.75) is 37.2 Å². The summed E-state index contributed by atoms with van der Waals surface area (Å²) in [6, 6.07) is 3.94. The largest absolute Gasteiger partial charge is 0.459 e. The molecular formula is C17H21N3O3S. The van der Waals surface area contributed by atoms with E-state index in [4.69, 9.17) is 22.1 Å². The molecule has 1 saturated carbocycles. The molecule has 0 saturated heterocycles. The molecule has 2 unspecified atom stereocenters. The summed E-state index contributed by atoms with van der Waals surface area (Å²) >= 11 is 5.65. The van der Waals surface area contributed by atoms with Gasteiger partial charge in [0.1, 0.15) is 18.4 Å². The number of nitrogens with one attached hydrogen (secondary N) is 1. The number of thiocarbonyl (C=S) groups is 1. The number of hydrogen-bond acceptors (Lipinski definition) is 5. The van der Waals surface area contributed by atoms with Crippen molar-refractivity contribution in [1.82, 2.24) is 14.7 Å². The number of ether oxygens (including phenoxy) is 1. The second-order valence-electron chi connectivity index (χ2n) is 6.04. The van der Waals surface area contributed by atoms with Gasteiger partial charge in [0.2, 0.25) is 0 Å². The molecule has 2 aromatic heterocycles. The molecule has 0 bridgehead atoms. The summed E-state index contributed by atoms with van der Waals surface area (Å²) in [4.78, 5) is 16.6. The molecule has 1 aliphatic carbocycles. The maximum absolute atomic E-state index is 11.7. The molecule has 0 spiro atoms. The summed E-state index contributed by atoms with van der Waals surface area (Å²) in [5, 5.41) is 12.2. The maximum Gasteiger partial charge on any atom is 0.332 e. The van der Waals surface area contributed by atoms with Crippen molar-refractivity contribution >= 4 is 28.8 Å². The Bertz CT molecular complexity index is 760. The van der Waals surface area contributed by atoms with E-state index in [-0.39, 0.29) is 0 Å². The SMILES string of the molecule is CNC(=S)C1(c2ccc3nccn3c2)CCCCC1OC(=O)CO. The Balaban J connectivity index is 2.10. The quantitative estimate of drug-likeness (QED) is 0.646. The van der Waals surface area contributed by atoms with Gasteiger partial charge in [-0.1, -0.05) is 24.7 Å². The van der Waals surface area contributed by atoms with Crippen molar-refractivity contribution in [2.24, 2.45) is 0 Å². The van der Waals surface area contributed by atoms with Crippen LogP contribution in [0.15, 0.2) is 30.7 Å². The zero-order valence-electron chi connectivity index (χ0n) is 13.6. The van der Waals surface area contributed by atoms with Crippen LogP contribution in [0.2, 0.25) is 0 Å². The van der Waals surface area contributed by atoms with Crippen molar-refractivity contribution in [1.29, 1.82) is 0 Å². The van der Waals surface area contributed by atoms with Crippen molar-refractivity contribution in [3.8, 4) is 0 Å². The highest BCUT2D eigenvalue weighted by Gasteiger charge is 2.48. The van der Waals surface area contributed by atoms with Crippen molar-refractivity contribution in [3.05, 3.63) is 36.3 Å². The van der Waals surface area contributed by atoms with E-state index in [1.807, 2.05) is 28.9 Å². The van der Waals surface area contributed by atoms with Gasteiger partial charge in [0.15, 0.2) is 0 Å². The monoisotopic (exact) mass is 347 g/mol. The first-order valence-corrected chi connectivity index (χ1v) is 8.48. The van der Waals surface area contributed by atoms with Crippen LogP contribution in [0, 0.1) is 0 Å². The zero-order chi connectivity index (χ0) is 17.2. The number of hydrogen-bond donors (Lipinski definition) is 2. The number of imidazole rings is 1. The molecule has 1 aliphatic rings. The topological polar surface area (TPSA) is 75.9 Å². The van der Waals surface area contributed by atoms with Crippen molar-refractivity contribution < 1.29 is 14.6 Å². The Morgan fingerprint density at radius 2 is 2.38 bits per heavy atom. The van der Waals surface area contributed by atoms with Crippen LogP contribution in [0.1, 0.15) is 31.2 Å². The van der Waals surface area contributed by atoms with Gasteiger partial charge in [-0.2, -0.15) is 0 Å². The second kappa shape index (κ2) is 6.86. The summed E-state index contributed by atoms with van der Waals surface area (Å²) in [5.74, 6) is -0.617. The number of carbonyl (C=O) groups is 1. The lowest BCUT2D eigenvalue weighted by atomic mass is 9.67. The Morgan fingerprint density at radius 1 is 1.54 bits per heavy atom. The lowest BCUT2D eigenvalue weighted by molar-refractivity contribution is -0.156. The number of likely N-dealkylation sites (N-methyl/N-ethyl adjacent to an activating group) is 1. The van der Waals surface area contributed by atoms with Crippen LogP contribution in [0.25, 0.3) is 5.65 Å². The third kappa shape index (κ3) is 2.78. The number of aliphatic hydroxyl groups excluding tert-OH is 1. The number of pyridine rings is 1. The molecule has 2 heterocycles. The van der Waals surface area contributed by atoms with Crippen LogP contribution in [-0.2, 0) is 14.9 Å². The number of nitrogens with zero attached hydrogens (tertiary/aromatic N) is 2. The molecule has 3 rings (SSSR count). The lowest BCUT2D eigenvalue weighted by Crippen LogP contribution is -2.54. The highest BCUT2D eigenvalue weighted by Crippen LogP contribution is 2.42. The molecule has 0 amide bonds. The molecule has 7 heteroatoms. The van der Waals surface area contributed by atoms with Gasteiger partial charge in [-0.3, -0.25) is 0 Å². The number of fused-ring (bicyclic) bond motifs is 1. The average Bonchev–Trinajstić information content (AvgIpc) is 3.09. The van der Waals surface area contributed by atoms with Crippen LogP contribution in [0.3, 0.4) is 0 Å². The predicted octanol–water partition coefficient (Wildman–Crippen LogP) is 1.60. The second-order valence-corrected chi connectivity index (χ2v) is 6.45. The van der Waals surface area contributed by atoms with Gasteiger partial charge in [-0.25, -0.2) is 9.78 Å².